The average Bonchev–Trinajstić information content (AvgIpc) is 3.00. The monoisotopic (exact) mass is 315 g/mol. The van der Waals surface area contributed by atoms with Gasteiger partial charge in [-0.15, -0.1) is 0 Å². The fourth-order valence-corrected chi connectivity index (χ4v) is 4.03. The number of carbonyl (C=O) groups excluding carboxylic acids is 1. The van der Waals surface area contributed by atoms with Crippen molar-refractivity contribution in [2.75, 3.05) is 18.4 Å². The van der Waals surface area contributed by atoms with Gasteiger partial charge < -0.3 is 10.6 Å². The lowest BCUT2D eigenvalue weighted by molar-refractivity contribution is 0.187. The number of nitrogens with zero attached hydrogens (tertiary/aromatic N) is 1. The molecule has 2 amide bonds. The number of likely N-dealkylation sites (tertiary alicyclic amines) is 1. The van der Waals surface area contributed by atoms with E-state index in [9.17, 15) is 4.79 Å². The lowest BCUT2D eigenvalue weighted by Crippen LogP contribution is -2.42. The second kappa shape index (κ2) is 7.35. The molecule has 0 radical (unpaired) electrons. The van der Waals surface area contributed by atoms with E-state index in [1.165, 1.54) is 32.1 Å². The molecule has 1 atom stereocenters. The van der Waals surface area contributed by atoms with Gasteiger partial charge >= 0.3 is 6.03 Å². The van der Waals surface area contributed by atoms with E-state index in [1.807, 2.05) is 32.0 Å². The van der Waals surface area contributed by atoms with Gasteiger partial charge in [0.25, 0.3) is 0 Å². The third kappa shape index (κ3) is 4.05. The van der Waals surface area contributed by atoms with Crippen LogP contribution in [0.1, 0.15) is 49.7 Å². The van der Waals surface area contributed by atoms with Crippen LogP contribution in [0.5, 0.6) is 0 Å². The standard InChI is InChI=1S/C19H29N3O/c1-14-7-6-8-15(2)18(14)21-19(23)20-16-11-12-22(13-16)17-9-4-3-5-10-17/h6-8,16-17H,3-5,9-13H2,1-2H3,(H2,20,21,23). The first-order valence-corrected chi connectivity index (χ1v) is 9.01. The van der Waals surface area contributed by atoms with Gasteiger partial charge in [-0.05, 0) is 44.2 Å². The molecule has 0 bridgehead atoms. The van der Waals surface area contributed by atoms with E-state index in [1.54, 1.807) is 0 Å². The van der Waals surface area contributed by atoms with Crippen LogP contribution in [0, 0.1) is 13.8 Å². The first-order valence-electron chi connectivity index (χ1n) is 9.01. The summed E-state index contributed by atoms with van der Waals surface area (Å²) in [7, 11) is 0. The van der Waals surface area contributed by atoms with Crippen molar-refractivity contribution in [3.8, 4) is 0 Å². The van der Waals surface area contributed by atoms with Crippen molar-refractivity contribution in [1.82, 2.24) is 10.2 Å². The summed E-state index contributed by atoms with van der Waals surface area (Å²) in [5.41, 5.74) is 3.15. The largest absolute Gasteiger partial charge is 0.334 e. The van der Waals surface area contributed by atoms with E-state index in [0.29, 0.717) is 0 Å². The second-order valence-electron chi connectivity index (χ2n) is 7.14. The Labute approximate surface area is 139 Å². The number of anilines is 1. The van der Waals surface area contributed by atoms with Crippen LogP contribution in [0.3, 0.4) is 0 Å². The maximum absolute atomic E-state index is 12.3. The minimum Gasteiger partial charge on any atom is -0.334 e. The lowest BCUT2D eigenvalue weighted by atomic mass is 9.94. The molecular formula is C19H29N3O. The molecule has 1 unspecified atom stereocenters. The number of rotatable bonds is 3. The molecule has 2 fully saturated rings. The van der Waals surface area contributed by atoms with Crippen molar-refractivity contribution in [1.29, 1.82) is 0 Å². The molecule has 4 heteroatoms. The van der Waals surface area contributed by atoms with Crippen LogP contribution >= 0.6 is 0 Å². The van der Waals surface area contributed by atoms with E-state index >= 15 is 0 Å². The first-order chi connectivity index (χ1) is 11.1. The summed E-state index contributed by atoms with van der Waals surface area (Å²) in [4.78, 5) is 14.9. The summed E-state index contributed by atoms with van der Waals surface area (Å²) in [5, 5.41) is 6.19. The highest BCUT2D eigenvalue weighted by atomic mass is 16.2. The third-order valence-electron chi connectivity index (χ3n) is 5.37. The predicted octanol–water partition coefficient (Wildman–Crippen LogP) is 3.83. The van der Waals surface area contributed by atoms with E-state index in [2.05, 4.69) is 15.5 Å². The van der Waals surface area contributed by atoms with Gasteiger partial charge in [-0.1, -0.05) is 37.5 Å². The van der Waals surface area contributed by atoms with Crippen LogP contribution in [0.2, 0.25) is 0 Å². The van der Waals surface area contributed by atoms with Gasteiger partial charge in [0, 0.05) is 30.9 Å². The summed E-state index contributed by atoms with van der Waals surface area (Å²) in [5.74, 6) is 0. The van der Waals surface area contributed by atoms with Gasteiger partial charge in [0.15, 0.2) is 0 Å². The van der Waals surface area contributed by atoms with Gasteiger partial charge in [0.2, 0.25) is 0 Å². The maximum atomic E-state index is 12.3. The van der Waals surface area contributed by atoms with E-state index in [4.69, 9.17) is 0 Å². The van der Waals surface area contributed by atoms with Crippen molar-refractivity contribution in [3.63, 3.8) is 0 Å². The molecule has 2 N–H and O–H groups in total. The molecule has 1 heterocycles. The Morgan fingerprint density at radius 1 is 1.09 bits per heavy atom. The normalized spacial score (nSPS) is 23.0. The molecule has 1 aromatic carbocycles. The summed E-state index contributed by atoms with van der Waals surface area (Å²) < 4.78 is 0. The van der Waals surface area contributed by atoms with Gasteiger partial charge in [-0.25, -0.2) is 4.79 Å². The topological polar surface area (TPSA) is 44.4 Å². The third-order valence-corrected chi connectivity index (χ3v) is 5.37. The highest BCUT2D eigenvalue weighted by Gasteiger charge is 2.29. The molecule has 1 saturated carbocycles. The lowest BCUT2D eigenvalue weighted by Gasteiger charge is -2.31. The summed E-state index contributed by atoms with van der Waals surface area (Å²) in [6.07, 6.45) is 7.86. The van der Waals surface area contributed by atoms with Crippen LogP contribution in [-0.2, 0) is 0 Å². The quantitative estimate of drug-likeness (QED) is 0.890. The number of nitrogens with one attached hydrogen (secondary N) is 2. The molecule has 1 saturated heterocycles. The fraction of sp³-hybridized carbons (Fsp3) is 0.632. The van der Waals surface area contributed by atoms with E-state index in [0.717, 1.165) is 42.4 Å². The Bertz CT molecular complexity index is 531. The molecule has 1 aliphatic carbocycles. The number of hydrogen-bond donors (Lipinski definition) is 2. The highest BCUT2D eigenvalue weighted by molar-refractivity contribution is 5.91. The van der Waals surface area contributed by atoms with Crippen LogP contribution in [-0.4, -0.2) is 36.1 Å². The number of carbonyl (C=O) groups is 1. The summed E-state index contributed by atoms with van der Waals surface area (Å²) in [6, 6.07) is 7.04. The SMILES string of the molecule is Cc1cccc(C)c1NC(=O)NC1CCN(C2CCCCC2)C1. The van der Waals surface area contributed by atoms with Crippen LogP contribution < -0.4 is 10.6 Å². The number of urea groups is 1. The zero-order valence-electron chi connectivity index (χ0n) is 14.4. The molecule has 1 aromatic rings. The molecule has 0 spiro atoms. The van der Waals surface area contributed by atoms with Gasteiger partial charge in [-0.3, -0.25) is 4.90 Å². The number of para-hydroxylation sites is 1. The first kappa shape index (κ1) is 16.3. The second-order valence-corrected chi connectivity index (χ2v) is 7.14. The van der Waals surface area contributed by atoms with Crippen LogP contribution in [0.25, 0.3) is 0 Å². The zero-order valence-corrected chi connectivity index (χ0v) is 14.4. The van der Waals surface area contributed by atoms with E-state index in [-0.39, 0.29) is 12.1 Å². The molecule has 0 aromatic heterocycles. The minimum absolute atomic E-state index is 0.0714. The Morgan fingerprint density at radius 2 is 1.78 bits per heavy atom. The summed E-state index contributed by atoms with van der Waals surface area (Å²) >= 11 is 0. The van der Waals surface area contributed by atoms with Crippen molar-refractivity contribution >= 4 is 11.7 Å². The average molecular weight is 315 g/mol. The Kier molecular flexibility index (Phi) is 5.21. The number of aryl methyl sites for hydroxylation is 2. The maximum Gasteiger partial charge on any atom is 0.319 e. The van der Waals surface area contributed by atoms with Crippen molar-refractivity contribution in [3.05, 3.63) is 29.3 Å². The number of benzene rings is 1. The molecule has 3 rings (SSSR count). The molecular weight excluding hydrogens is 286 g/mol. The van der Waals surface area contributed by atoms with Gasteiger partial charge in [0.05, 0.1) is 0 Å². The van der Waals surface area contributed by atoms with Crippen molar-refractivity contribution in [2.45, 2.75) is 64.5 Å². The van der Waals surface area contributed by atoms with Crippen molar-refractivity contribution in [2.24, 2.45) is 0 Å². The fourth-order valence-electron chi connectivity index (χ4n) is 4.03. The van der Waals surface area contributed by atoms with Gasteiger partial charge in [-0.2, -0.15) is 0 Å². The number of hydrogen-bond acceptors (Lipinski definition) is 2. The Hall–Kier alpha value is -1.55. The van der Waals surface area contributed by atoms with Crippen LogP contribution in [0.4, 0.5) is 10.5 Å². The molecule has 23 heavy (non-hydrogen) atoms. The molecule has 1 aliphatic heterocycles. The smallest absolute Gasteiger partial charge is 0.319 e. The molecule has 2 aliphatic rings. The van der Waals surface area contributed by atoms with E-state index < -0.39 is 0 Å². The van der Waals surface area contributed by atoms with Crippen LogP contribution in [0.15, 0.2) is 18.2 Å². The Morgan fingerprint density at radius 3 is 2.48 bits per heavy atom. The molecule has 126 valence electrons. The highest BCUT2D eigenvalue weighted by Crippen LogP contribution is 2.26. The van der Waals surface area contributed by atoms with Gasteiger partial charge in [0.1, 0.15) is 0 Å². The molecule has 4 nitrogen and oxygen atoms in total. The van der Waals surface area contributed by atoms with Crippen molar-refractivity contribution < 1.29 is 4.79 Å². The summed E-state index contributed by atoms with van der Waals surface area (Å²) in [6.45, 7) is 6.19. The zero-order chi connectivity index (χ0) is 16.2. The Balaban J connectivity index is 1.51. The predicted molar refractivity (Wildman–Crippen MR) is 94.9 cm³/mol. The number of amides is 2. The minimum atomic E-state index is -0.0714.